The SMILES string of the molecule is CCOCC(O)CN1CCCC(CNC2CC2)C1. The molecule has 2 rings (SSSR count). The molecule has 106 valence electrons. The van der Waals surface area contributed by atoms with E-state index < -0.39 is 0 Å². The molecular weight excluding hydrogens is 228 g/mol. The van der Waals surface area contributed by atoms with Crippen LogP contribution in [-0.2, 0) is 4.74 Å². The van der Waals surface area contributed by atoms with E-state index in [1.165, 1.54) is 25.7 Å². The van der Waals surface area contributed by atoms with Gasteiger partial charge in [-0.05, 0) is 51.6 Å². The number of hydrogen-bond acceptors (Lipinski definition) is 4. The number of likely N-dealkylation sites (tertiary alicyclic amines) is 1. The predicted molar refractivity (Wildman–Crippen MR) is 72.7 cm³/mol. The molecule has 1 saturated heterocycles. The molecule has 4 heteroatoms. The van der Waals surface area contributed by atoms with E-state index in [4.69, 9.17) is 4.74 Å². The van der Waals surface area contributed by atoms with Crippen LogP contribution in [-0.4, -0.2) is 61.5 Å². The van der Waals surface area contributed by atoms with Gasteiger partial charge < -0.3 is 20.1 Å². The van der Waals surface area contributed by atoms with Crippen LogP contribution < -0.4 is 5.32 Å². The molecule has 1 saturated carbocycles. The highest BCUT2D eigenvalue weighted by Crippen LogP contribution is 2.21. The summed E-state index contributed by atoms with van der Waals surface area (Å²) in [7, 11) is 0. The molecule has 0 amide bonds. The van der Waals surface area contributed by atoms with E-state index in [9.17, 15) is 5.11 Å². The lowest BCUT2D eigenvalue weighted by Gasteiger charge is -2.34. The van der Waals surface area contributed by atoms with Crippen LogP contribution in [0.2, 0.25) is 0 Å². The molecule has 0 aromatic rings. The van der Waals surface area contributed by atoms with E-state index in [2.05, 4.69) is 10.2 Å². The van der Waals surface area contributed by atoms with Crippen molar-refractivity contribution >= 4 is 0 Å². The number of aliphatic hydroxyl groups is 1. The predicted octanol–water partition coefficient (Wildman–Crippen LogP) is 0.848. The monoisotopic (exact) mass is 256 g/mol. The standard InChI is InChI=1S/C14H28N2O2/c1-2-18-11-14(17)10-16-7-3-4-12(9-16)8-15-13-5-6-13/h12-15,17H,2-11H2,1H3. The number of aliphatic hydroxyl groups excluding tert-OH is 1. The first-order valence-electron chi connectivity index (χ1n) is 7.49. The van der Waals surface area contributed by atoms with Gasteiger partial charge in [0.25, 0.3) is 0 Å². The molecule has 2 unspecified atom stereocenters. The zero-order valence-electron chi connectivity index (χ0n) is 11.6. The summed E-state index contributed by atoms with van der Waals surface area (Å²) in [6.07, 6.45) is 4.99. The van der Waals surface area contributed by atoms with Crippen LogP contribution in [0.4, 0.5) is 0 Å². The number of ether oxygens (including phenoxy) is 1. The van der Waals surface area contributed by atoms with Crippen LogP contribution in [0.1, 0.15) is 32.6 Å². The summed E-state index contributed by atoms with van der Waals surface area (Å²) < 4.78 is 5.26. The van der Waals surface area contributed by atoms with Crippen LogP contribution >= 0.6 is 0 Å². The van der Waals surface area contributed by atoms with Crippen LogP contribution in [0, 0.1) is 5.92 Å². The van der Waals surface area contributed by atoms with Crippen LogP contribution in [0.25, 0.3) is 0 Å². The molecule has 2 aliphatic rings. The average Bonchev–Trinajstić information content (AvgIpc) is 3.18. The van der Waals surface area contributed by atoms with Gasteiger partial charge in [-0.15, -0.1) is 0 Å². The lowest BCUT2D eigenvalue weighted by atomic mass is 9.97. The molecule has 2 fully saturated rings. The number of rotatable bonds is 8. The summed E-state index contributed by atoms with van der Waals surface area (Å²) in [4.78, 5) is 2.40. The molecule has 0 aromatic carbocycles. The van der Waals surface area contributed by atoms with Crippen molar-refractivity contribution in [3.05, 3.63) is 0 Å². The molecule has 0 radical (unpaired) electrons. The largest absolute Gasteiger partial charge is 0.389 e. The molecule has 0 aromatic heterocycles. The molecule has 18 heavy (non-hydrogen) atoms. The molecule has 1 heterocycles. The lowest BCUT2D eigenvalue weighted by Crippen LogP contribution is -2.44. The molecular formula is C14H28N2O2. The van der Waals surface area contributed by atoms with Gasteiger partial charge in [0.1, 0.15) is 0 Å². The fourth-order valence-corrected chi connectivity index (χ4v) is 2.71. The third-order valence-corrected chi connectivity index (χ3v) is 3.86. The first-order chi connectivity index (χ1) is 8.78. The fourth-order valence-electron chi connectivity index (χ4n) is 2.71. The van der Waals surface area contributed by atoms with E-state index in [0.717, 1.165) is 38.1 Å². The number of nitrogens with one attached hydrogen (secondary N) is 1. The topological polar surface area (TPSA) is 44.7 Å². The van der Waals surface area contributed by atoms with E-state index in [1.54, 1.807) is 0 Å². The Labute approximate surface area is 111 Å². The maximum atomic E-state index is 9.86. The molecule has 2 N–H and O–H groups in total. The Balaban J connectivity index is 1.62. The lowest BCUT2D eigenvalue weighted by molar-refractivity contribution is 0.0129. The Morgan fingerprint density at radius 1 is 1.39 bits per heavy atom. The van der Waals surface area contributed by atoms with Crippen molar-refractivity contribution in [1.29, 1.82) is 0 Å². The maximum absolute atomic E-state index is 9.86. The second kappa shape index (κ2) is 7.43. The number of β-amino-alcohol motifs (C(OH)–C–C–N with tert-alkyl or cyclic N) is 1. The summed E-state index contributed by atoms with van der Waals surface area (Å²) in [6, 6.07) is 0.809. The minimum Gasteiger partial charge on any atom is -0.389 e. The normalized spacial score (nSPS) is 27.3. The molecule has 0 spiro atoms. The van der Waals surface area contributed by atoms with Crippen molar-refractivity contribution < 1.29 is 9.84 Å². The van der Waals surface area contributed by atoms with Gasteiger partial charge in [0, 0.05) is 25.7 Å². The maximum Gasteiger partial charge on any atom is 0.0900 e. The Kier molecular flexibility index (Phi) is 5.89. The van der Waals surface area contributed by atoms with E-state index in [0.29, 0.717) is 13.2 Å². The summed E-state index contributed by atoms with van der Waals surface area (Å²) in [6.45, 7) is 7.30. The second-order valence-corrected chi connectivity index (χ2v) is 5.76. The van der Waals surface area contributed by atoms with Gasteiger partial charge in [-0.25, -0.2) is 0 Å². The summed E-state index contributed by atoms with van der Waals surface area (Å²) >= 11 is 0. The highest BCUT2D eigenvalue weighted by atomic mass is 16.5. The smallest absolute Gasteiger partial charge is 0.0900 e. The Morgan fingerprint density at radius 3 is 2.94 bits per heavy atom. The average molecular weight is 256 g/mol. The van der Waals surface area contributed by atoms with Gasteiger partial charge in [-0.2, -0.15) is 0 Å². The number of nitrogens with zero attached hydrogens (tertiary/aromatic N) is 1. The zero-order valence-corrected chi connectivity index (χ0v) is 11.6. The van der Waals surface area contributed by atoms with E-state index >= 15 is 0 Å². The van der Waals surface area contributed by atoms with Crippen molar-refractivity contribution in [3.8, 4) is 0 Å². The molecule has 2 atom stereocenters. The number of piperidine rings is 1. The summed E-state index contributed by atoms with van der Waals surface area (Å²) in [5.74, 6) is 0.763. The van der Waals surface area contributed by atoms with Crippen molar-refractivity contribution in [2.24, 2.45) is 5.92 Å². The first kappa shape index (κ1) is 14.3. The van der Waals surface area contributed by atoms with Gasteiger partial charge in [-0.1, -0.05) is 0 Å². The minimum atomic E-state index is -0.333. The zero-order chi connectivity index (χ0) is 12.8. The van der Waals surface area contributed by atoms with Gasteiger partial charge in [0.2, 0.25) is 0 Å². The second-order valence-electron chi connectivity index (χ2n) is 5.76. The van der Waals surface area contributed by atoms with Crippen molar-refractivity contribution in [3.63, 3.8) is 0 Å². The van der Waals surface area contributed by atoms with Gasteiger partial charge in [0.15, 0.2) is 0 Å². The van der Waals surface area contributed by atoms with Gasteiger partial charge in [-0.3, -0.25) is 0 Å². The Bertz CT molecular complexity index is 234. The fraction of sp³-hybridized carbons (Fsp3) is 1.00. The van der Waals surface area contributed by atoms with Crippen LogP contribution in [0.3, 0.4) is 0 Å². The summed E-state index contributed by atoms with van der Waals surface area (Å²) in [5.41, 5.74) is 0. The third-order valence-electron chi connectivity index (χ3n) is 3.86. The Hall–Kier alpha value is -0.160. The van der Waals surface area contributed by atoms with E-state index in [1.807, 2.05) is 6.92 Å². The van der Waals surface area contributed by atoms with Crippen LogP contribution in [0.15, 0.2) is 0 Å². The first-order valence-corrected chi connectivity index (χ1v) is 7.49. The summed E-state index contributed by atoms with van der Waals surface area (Å²) in [5, 5.41) is 13.5. The van der Waals surface area contributed by atoms with Crippen molar-refractivity contribution in [1.82, 2.24) is 10.2 Å². The van der Waals surface area contributed by atoms with Gasteiger partial charge >= 0.3 is 0 Å². The number of hydrogen-bond donors (Lipinski definition) is 2. The molecule has 4 nitrogen and oxygen atoms in total. The van der Waals surface area contributed by atoms with E-state index in [-0.39, 0.29) is 6.10 Å². The Morgan fingerprint density at radius 2 is 2.22 bits per heavy atom. The molecule has 1 aliphatic heterocycles. The highest BCUT2D eigenvalue weighted by molar-refractivity contribution is 4.84. The quantitative estimate of drug-likeness (QED) is 0.676. The molecule has 0 bridgehead atoms. The van der Waals surface area contributed by atoms with Crippen molar-refractivity contribution in [2.45, 2.75) is 44.8 Å². The highest BCUT2D eigenvalue weighted by Gasteiger charge is 2.25. The van der Waals surface area contributed by atoms with Crippen LogP contribution in [0.5, 0.6) is 0 Å². The third kappa shape index (κ3) is 5.22. The minimum absolute atomic E-state index is 0.333. The van der Waals surface area contributed by atoms with Crippen molar-refractivity contribution in [2.75, 3.05) is 39.4 Å². The van der Waals surface area contributed by atoms with Gasteiger partial charge in [0.05, 0.1) is 12.7 Å². The molecule has 1 aliphatic carbocycles.